The van der Waals surface area contributed by atoms with E-state index in [9.17, 15) is 20.2 Å². The van der Waals surface area contributed by atoms with Gasteiger partial charge >= 0.3 is 0 Å². The molecule has 0 fully saturated rings. The number of methoxy groups -OCH3 is 1. The maximum Gasteiger partial charge on any atom is 0.292 e. The SMILES string of the molecule is COc1ccc(-c2ccc(C#N)c(SCC(=O)Nc3ccccc3[N+](=O)[O-])n2)cc1. The molecule has 0 atom stereocenters. The molecule has 0 saturated carbocycles. The lowest BCUT2D eigenvalue weighted by Gasteiger charge is -2.08. The highest BCUT2D eigenvalue weighted by atomic mass is 32.2. The van der Waals surface area contributed by atoms with E-state index < -0.39 is 10.8 Å². The number of para-hydroxylation sites is 2. The van der Waals surface area contributed by atoms with Gasteiger partial charge in [0.25, 0.3) is 5.69 Å². The summed E-state index contributed by atoms with van der Waals surface area (Å²) in [4.78, 5) is 27.3. The van der Waals surface area contributed by atoms with E-state index in [2.05, 4.69) is 16.4 Å². The number of nitro benzene ring substituents is 1. The fourth-order valence-corrected chi connectivity index (χ4v) is 3.39. The van der Waals surface area contributed by atoms with Crippen LogP contribution in [-0.4, -0.2) is 28.7 Å². The zero-order chi connectivity index (χ0) is 21.5. The lowest BCUT2D eigenvalue weighted by molar-refractivity contribution is -0.383. The third-order valence-corrected chi connectivity index (χ3v) is 5.07. The first kappa shape index (κ1) is 20.8. The van der Waals surface area contributed by atoms with Crippen LogP contribution in [0.5, 0.6) is 5.75 Å². The molecule has 150 valence electrons. The van der Waals surface area contributed by atoms with Crippen LogP contribution in [0.25, 0.3) is 11.3 Å². The van der Waals surface area contributed by atoms with Gasteiger partial charge in [0.15, 0.2) is 0 Å². The number of carbonyl (C=O) groups excluding carboxylic acids is 1. The smallest absolute Gasteiger partial charge is 0.292 e. The highest BCUT2D eigenvalue weighted by Gasteiger charge is 2.16. The Balaban J connectivity index is 1.75. The molecule has 0 saturated heterocycles. The van der Waals surface area contributed by atoms with Crippen LogP contribution in [-0.2, 0) is 4.79 Å². The average molecular weight is 420 g/mol. The number of nitriles is 1. The Morgan fingerprint density at radius 2 is 1.93 bits per heavy atom. The van der Waals surface area contributed by atoms with E-state index in [4.69, 9.17) is 4.74 Å². The zero-order valence-corrected chi connectivity index (χ0v) is 16.7. The van der Waals surface area contributed by atoms with E-state index in [1.165, 1.54) is 18.2 Å². The number of rotatable bonds is 7. The number of ether oxygens (including phenoxy) is 1. The van der Waals surface area contributed by atoms with Crippen LogP contribution < -0.4 is 10.1 Å². The molecule has 9 heteroatoms. The second kappa shape index (κ2) is 9.54. The third kappa shape index (κ3) is 4.92. The molecule has 0 unspecified atom stereocenters. The number of nitrogens with one attached hydrogen (secondary N) is 1. The Morgan fingerprint density at radius 1 is 1.20 bits per heavy atom. The second-order valence-electron chi connectivity index (χ2n) is 6.00. The van der Waals surface area contributed by atoms with Crippen LogP contribution in [0.4, 0.5) is 11.4 Å². The van der Waals surface area contributed by atoms with Gasteiger partial charge in [-0.25, -0.2) is 4.98 Å². The van der Waals surface area contributed by atoms with Crippen molar-refractivity contribution in [3.05, 3.63) is 76.3 Å². The summed E-state index contributed by atoms with van der Waals surface area (Å²) >= 11 is 1.09. The van der Waals surface area contributed by atoms with Crippen LogP contribution in [0.1, 0.15) is 5.56 Å². The summed E-state index contributed by atoms with van der Waals surface area (Å²) in [6, 6.07) is 18.7. The Bertz CT molecular complexity index is 1130. The van der Waals surface area contributed by atoms with Crippen LogP contribution in [0.3, 0.4) is 0 Å². The first-order valence-corrected chi connectivity index (χ1v) is 9.72. The number of amides is 1. The van der Waals surface area contributed by atoms with E-state index >= 15 is 0 Å². The number of hydrogen-bond donors (Lipinski definition) is 1. The maximum atomic E-state index is 12.3. The summed E-state index contributed by atoms with van der Waals surface area (Å²) in [5.74, 6) is 0.225. The van der Waals surface area contributed by atoms with Crippen molar-refractivity contribution in [2.75, 3.05) is 18.2 Å². The molecule has 3 rings (SSSR count). The molecule has 8 nitrogen and oxygen atoms in total. The minimum Gasteiger partial charge on any atom is -0.497 e. The molecule has 1 heterocycles. The summed E-state index contributed by atoms with van der Waals surface area (Å²) in [5, 5.41) is 23.4. The predicted octanol–water partition coefficient (Wildman–Crippen LogP) is 4.27. The molecule has 1 aromatic heterocycles. The highest BCUT2D eigenvalue weighted by molar-refractivity contribution is 8.00. The van der Waals surface area contributed by atoms with Crippen molar-refractivity contribution >= 4 is 29.0 Å². The molecule has 0 aliphatic carbocycles. The van der Waals surface area contributed by atoms with Gasteiger partial charge in [-0.3, -0.25) is 14.9 Å². The average Bonchev–Trinajstić information content (AvgIpc) is 2.77. The van der Waals surface area contributed by atoms with Crippen molar-refractivity contribution in [1.29, 1.82) is 5.26 Å². The van der Waals surface area contributed by atoms with Gasteiger partial charge in [0, 0.05) is 11.6 Å². The Morgan fingerprint density at radius 3 is 2.60 bits per heavy atom. The van der Waals surface area contributed by atoms with E-state index in [0.717, 1.165) is 17.3 Å². The Kier molecular flexibility index (Phi) is 6.62. The summed E-state index contributed by atoms with van der Waals surface area (Å²) in [6.45, 7) is 0. The van der Waals surface area contributed by atoms with Crippen molar-refractivity contribution < 1.29 is 14.5 Å². The van der Waals surface area contributed by atoms with Gasteiger partial charge in [0.05, 0.1) is 29.0 Å². The summed E-state index contributed by atoms with van der Waals surface area (Å²) in [5.41, 5.74) is 1.77. The first-order valence-electron chi connectivity index (χ1n) is 8.73. The molecule has 0 aliphatic rings. The number of thioether (sulfide) groups is 1. The van der Waals surface area contributed by atoms with Gasteiger partial charge in [0.2, 0.25) is 5.91 Å². The van der Waals surface area contributed by atoms with Crippen LogP contribution in [0.15, 0.2) is 65.7 Å². The fraction of sp³-hybridized carbons (Fsp3) is 0.0952. The number of aromatic nitrogens is 1. The van der Waals surface area contributed by atoms with Crippen LogP contribution in [0.2, 0.25) is 0 Å². The van der Waals surface area contributed by atoms with Crippen molar-refractivity contribution in [3.63, 3.8) is 0 Å². The van der Waals surface area contributed by atoms with Crippen molar-refractivity contribution in [1.82, 2.24) is 4.98 Å². The Hall–Kier alpha value is -3.90. The van der Waals surface area contributed by atoms with Gasteiger partial charge in [-0.1, -0.05) is 23.9 Å². The monoisotopic (exact) mass is 420 g/mol. The first-order chi connectivity index (χ1) is 14.5. The molecule has 0 radical (unpaired) electrons. The maximum absolute atomic E-state index is 12.3. The van der Waals surface area contributed by atoms with Crippen molar-refractivity contribution in [3.8, 4) is 23.1 Å². The standard InChI is InChI=1S/C21H16N4O4S/c1-29-16-9-6-14(7-10-16)17-11-8-15(12-22)21(24-17)30-13-20(26)23-18-4-2-3-5-19(18)25(27)28/h2-11H,13H2,1H3,(H,23,26). The van der Waals surface area contributed by atoms with Crippen molar-refractivity contribution in [2.24, 2.45) is 0 Å². The van der Waals surface area contributed by atoms with E-state index in [0.29, 0.717) is 22.0 Å². The number of nitrogens with zero attached hydrogens (tertiary/aromatic N) is 3. The highest BCUT2D eigenvalue weighted by Crippen LogP contribution is 2.27. The molecule has 1 amide bonds. The molecule has 3 aromatic rings. The third-order valence-electron chi connectivity index (χ3n) is 4.08. The summed E-state index contributed by atoms with van der Waals surface area (Å²) < 4.78 is 5.15. The Labute approximate surface area is 176 Å². The summed E-state index contributed by atoms with van der Waals surface area (Å²) in [6.07, 6.45) is 0. The lowest BCUT2D eigenvalue weighted by Crippen LogP contribution is -2.15. The van der Waals surface area contributed by atoms with Gasteiger partial charge in [0.1, 0.15) is 22.5 Å². The van der Waals surface area contributed by atoms with Crippen molar-refractivity contribution in [2.45, 2.75) is 5.03 Å². The molecule has 30 heavy (non-hydrogen) atoms. The normalized spacial score (nSPS) is 10.1. The largest absolute Gasteiger partial charge is 0.497 e. The minimum absolute atomic E-state index is 0.0558. The van der Waals surface area contributed by atoms with Gasteiger partial charge in [-0.2, -0.15) is 5.26 Å². The summed E-state index contributed by atoms with van der Waals surface area (Å²) in [7, 11) is 1.58. The molecule has 0 bridgehead atoms. The van der Waals surface area contributed by atoms with Crippen LogP contribution >= 0.6 is 11.8 Å². The van der Waals surface area contributed by atoms with E-state index in [1.54, 1.807) is 25.3 Å². The molecular formula is C21H16N4O4S. The second-order valence-corrected chi connectivity index (χ2v) is 6.96. The molecule has 0 aliphatic heterocycles. The zero-order valence-electron chi connectivity index (χ0n) is 15.9. The topological polar surface area (TPSA) is 118 Å². The number of nitro groups is 1. The predicted molar refractivity (Wildman–Crippen MR) is 113 cm³/mol. The number of anilines is 1. The quantitative estimate of drug-likeness (QED) is 0.344. The molecule has 2 aromatic carbocycles. The van der Waals surface area contributed by atoms with Crippen LogP contribution in [0, 0.1) is 21.4 Å². The molecule has 1 N–H and O–H groups in total. The van der Waals surface area contributed by atoms with Gasteiger partial charge < -0.3 is 10.1 Å². The lowest BCUT2D eigenvalue weighted by atomic mass is 10.1. The number of carbonyl (C=O) groups is 1. The molecular weight excluding hydrogens is 404 g/mol. The number of benzene rings is 2. The van der Waals surface area contributed by atoms with Gasteiger partial charge in [-0.05, 0) is 42.5 Å². The van der Waals surface area contributed by atoms with E-state index in [-0.39, 0.29) is 17.1 Å². The molecule has 0 spiro atoms. The fourth-order valence-electron chi connectivity index (χ4n) is 2.62. The van der Waals surface area contributed by atoms with Gasteiger partial charge in [-0.15, -0.1) is 0 Å². The van der Waals surface area contributed by atoms with E-state index in [1.807, 2.05) is 24.3 Å². The number of pyridine rings is 1. The number of hydrogen-bond acceptors (Lipinski definition) is 7. The minimum atomic E-state index is -0.559.